The predicted molar refractivity (Wildman–Crippen MR) is 80.8 cm³/mol. The van der Waals surface area contributed by atoms with Gasteiger partial charge in [0.05, 0.1) is 12.1 Å². The van der Waals surface area contributed by atoms with Crippen molar-refractivity contribution >= 4 is 11.6 Å². The summed E-state index contributed by atoms with van der Waals surface area (Å²) in [5.74, 6) is -0.530. The monoisotopic (exact) mass is 294 g/mol. The summed E-state index contributed by atoms with van der Waals surface area (Å²) < 4.78 is 18.8. The minimum Gasteiger partial charge on any atom is -0.377 e. The predicted octanol–water partition coefficient (Wildman–Crippen LogP) is 2.62. The van der Waals surface area contributed by atoms with E-state index in [0.29, 0.717) is 5.69 Å². The molecule has 4 nitrogen and oxygen atoms in total. The van der Waals surface area contributed by atoms with Crippen LogP contribution >= 0.6 is 0 Å². The van der Waals surface area contributed by atoms with E-state index in [4.69, 9.17) is 4.74 Å². The normalized spacial score (nSPS) is 21.0. The average molecular weight is 294 g/mol. The molecular formula is C16H23FN2O2. The molecule has 3 atom stereocenters. The third-order valence-electron chi connectivity index (χ3n) is 3.89. The minimum absolute atomic E-state index is 0.113. The van der Waals surface area contributed by atoms with Gasteiger partial charge in [0.25, 0.3) is 0 Å². The molecule has 1 aliphatic heterocycles. The third-order valence-corrected chi connectivity index (χ3v) is 3.89. The molecule has 0 bridgehead atoms. The van der Waals surface area contributed by atoms with Gasteiger partial charge in [-0.25, -0.2) is 4.39 Å². The quantitative estimate of drug-likeness (QED) is 0.877. The van der Waals surface area contributed by atoms with Gasteiger partial charge in [0.1, 0.15) is 5.82 Å². The summed E-state index contributed by atoms with van der Waals surface area (Å²) in [5, 5.41) is 6.01. The fourth-order valence-electron chi connectivity index (χ4n) is 2.54. The number of amides is 1. The Balaban J connectivity index is 1.91. The molecule has 1 amide bonds. The van der Waals surface area contributed by atoms with E-state index in [1.165, 1.54) is 12.1 Å². The zero-order valence-electron chi connectivity index (χ0n) is 12.8. The number of anilines is 1. The van der Waals surface area contributed by atoms with Crippen LogP contribution in [0.1, 0.15) is 32.3 Å². The lowest BCUT2D eigenvalue weighted by Crippen LogP contribution is -2.47. The van der Waals surface area contributed by atoms with Crippen LogP contribution < -0.4 is 10.6 Å². The molecule has 2 rings (SSSR count). The molecule has 1 heterocycles. The first-order valence-corrected chi connectivity index (χ1v) is 7.42. The number of aryl methyl sites for hydroxylation is 1. The zero-order chi connectivity index (χ0) is 15.4. The third kappa shape index (κ3) is 4.25. The van der Waals surface area contributed by atoms with Crippen molar-refractivity contribution in [2.45, 2.75) is 51.8 Å². The summed E-state index contributed by atoms with van der Waals surface area (Å²) in [6.07, 6.45) is 2.25. The van der Waals surface area contributed by atoms with E-state index in [1.807, 2.05) is 13.8 Å². The minimum atomic E-state index is -0.369. The Kier molecular flexibility index (Phi) is 5.31. The number of benzene rings is 1. The highest BCUT2D eigenvalue weighted by atomic mass is 19.1. The maximum atomic E-state index is 13.2. The number of hydrogen-bond acceptors (Lipinski definition) is 3. The van der Waals surface area contributed by atoms with Gasteiger partial charge in [0, 0.05) is 18.3 Å². The van der Waals surface area contributed by atoms with Crippen molar-refractivity contribution in [3.63, 3.8) is 0 Å². The smallest absolute Gasteiger partial charge is 0.241 e. The Bertz CT molecular complexity index is 501. The van der Waals surface area contributed by atoms with Crippen molar-refractivity contribution in [3.05, 3.63) is 29.6 Å². The standard InChI is InChI=1S/C16H23FN2O2/c1-10-6-7-13(17)9-14(10)19-16(20)12(3)18-11(2)15-5-4-8-21-15/h6-7,9,11-12,15,18H,4-5,8H2,1-3H3,(H,19,20). The van der Waals surface area contributed by atoms with Crippen LogP contribution in [0, 0.1) is 12.7 Å². The number of carbonyl (C=O) groups excluding carboxylic acids is 1. The summed E-state index contributed by atoms with van der Waals surface area (Å²) >= 11 is 0. The van der Waals surface area contributed by atoms with Crippen LogP contribution in [-0.2, 0) is 9.53 Å². The molecule has 21 heavy (non-hydrogen) atoms. The van der Waals surface area contributed by atoms with Crippen molar-refractivity contribution in [3.8, 4) is 0 Å². The van der Waals surface area contributed by atoms with Gasteiger partial charge >= 0.3 is 0 Å². The first kappa shape index (κ1) is 15.9. The maximum Gasteiger partial charge on any atom is 0.241 e. The van der Waals surface area contributed by atoms with Crippen LogP contribution in [0.3, 0.4) is 0 Å². The van der Waals surface area contributed by atoms with Crippen LogP contribution in [-0.4, -0.2) is 30.7 Å². The first-order chi connectivity index (χ1) is 9.97. The average Bonchev–Trinajstić information content (AvgIpc) is 2.97. The largest absolute Gasteiger partial charge is 0.377 e. The lowest BCUT2D eigenvalue weighted by Gasteiger charge is -2.24. The molecule has 1 aromatic carbocycles. The van der Waals surface area contributed by atoms with Crippen molar-refractivity contribution in [1.29, 1.82) is 0 Å². The highest BCUT2D eigenvalue weighted by molar-refractivity contribution is 5.95. The van der Waals surface area contributed by atoms with Gasteiger partial charge in [0.15, 0.2) is 0 Å². The lowest BCUT2D eigenvalue weighted by molar-refractivity contribution is -0.118. The van der Waals surface area contributed by atoms with Crippen molar-refractivity contribution in [2.24, 2.45) is 0 Å². The van der Waals surface area contributed by atoms with Gasteiger partial charge in [-0.15, -0.1) is 0 Å². The number of halogens is 1. The lowest BCUT2D eigenvalue weighted by atomic mass is 10.1. The zero-order valence-corrected chi connectivity index (χ0v) is 12.8. The molecular weight excluding hydrogens is 271 g/mol. The fourth-order valence-corrected chi connectivity index (χ4v) is 2.54. The topological polar surface area (TPSA) is 50.4 Å². The van der Waals surface area contributed by atoms with Crippen LogP contribution in [0.25, 0.3) is 0 Å². The van der Waals surface area contributed by atoms with Gasteiger partial charge in [-0.2, -0.15) is 0 Å². The van der Waals surface area contributed by atoms with Gasteiger partial charge in [-0.3, -0.25) is 4.79 Å². The molecule has 5 heteroatoms. The molecule has 1 saturated heterocycles. The van der Waals surface area contributed by atoms with Gasteiger partial charge in [-0.1, -0.05) is 6.07 Å². The van der Waals surface area contributed by atoms with Gasteiger partial charge in [-0.05, 0) is 51.3 Å². The van der Waals surface area contributed by atoms with Crippen LogP contribution in [0.4, 0.5) is 10.1 Å². The number of carbonyl (C=O) groups is 1. The fraction of sp³-hybridized carbons (Fsp3) is 0.562. The van der Waals surface area contributed by atoms with E-state index >= 15 is 0 Å². The van der Waals surface area contributed by atoms with E-state index in [0.717, 1.165) is 25.0 Å². The number of rotatable bonds is 5. The van der Waals surface area contributed by atoms with Gasteiger partial charge in [0.2, 0.25) is 5.91 Å². The summed E-state index contributed by atoms with van der Waals surface area (Å²) in [4.78, 5) is 12.2. The second-order valence-electron chi connectivity index (χ2n) is 5.68. The summed E-state index contributed by atoms with van der Waals surface area (Å²) in [5.41, 5.74) is 1.35. The summed E-state index contributed by atoms with van der Waals surface area (Å²) in [7, 11) is 0. The second kappa shape index (κ2) is 7.00. The van der Waals surface area contributed by atoms with E-state index in [9.17, 15) is 9.18 Å². The van der Waals surface area contributed by atoms with Crippen molar-refractivity contribution < 1.29 is 13.9 Å². The molecule has 0 aromatic heterocycles. The molecule has 0 radical (unpaired) electrons. The highest BCUT2D eigenvalue weighted by Crippen LogP contribution is 2.17. The van der Waals surface area contributed by atoms with E-state index in [1.54, 1.807) is 13.0 Å². The van der Waals surface area contributed by atoms with E-state index < -0.39 is 0 Å². The van der Waals surface area contributed by atoms with Crippen LogP contribution in [0.5, 0.6) is 0 Å². The molecule has 1 aromatic rings. The Morgan fingerprint density at radius 3 is 2.86 bits per heavy atom. The Hall–Kier alpha value is -1.46. The van der Waals surface area contributed by atoms with Crippen LogP contribution in [0.15, 0.2) is 18.2 Å². The maximum absolute atomic E-state index is 13.2. The molecule has 2 N–H and O–H groups in total. The molecule has 116 valence electrons. The number of hydrogen-bond donors (Lipinski definition) is 2. The second-order valence-corrected chi connectivity index (χ2v) is 5.68. The Morgan fingerprint density at radius 1 is 1.43 bits per heavy atom. The first-order valence-electron chi connectivity index (χ1n) is 7.42. The molecule has 1 fully saturated rings. The van der Waals surface area contributed by atoms with Crippen molar-refractivity contribution in [1.82, 2.24) is 5.32 Å². The summed E-state index contributed by atoms with van der Waals surface area (Å²) in [6, 6.07) is 4.11. The van der Waals surface area contributed by atoms with Gasteiger partial charge < -0.3 is 15.4 Å². The molecule has 1 aliphatic rings. The van der Waals surface area contributed by atoms with Crippen LogP contribution in [0.2, 0.25) is 0 Å². The SMILES string of the molecule is Cc1ccc(F)cc1NC(=O)C(C)NC(C)C1CCCO1. The Morgan fingerprint density at radius 2 is 2.19 bits per heavy atom. The molecule has 0 aliphatic carbocycles. The van der Waals surface area contributed by atoms with E-state index in [2.05, 4.69) is 10.6 Å². The number of nitrogens with one attached hydrogen (secondary N) is 2. The molecule has 0 saturated carbocycles. The highest BCUT2D eigenvalue weighted by Gasteiger charge is 2.25. The molecule has 3 unspecified atom stereocenters. The Labute approximate surface area is 125 Å². The van der Waals surface area contributed by atoms with Crippen molar-refractivity contribution in [2.75, 3.05) is 11.9 Å². The van der Waals surface area contributed by atoms with E-state index in [-0.39, 0.29) is 29.9 Å². The summed E-state index contributed by atoms with van der Waals surface area (Å²) in [6.45, 7) is 6.45. The number of ether oxygens (including phenoxy) is 1. The molecule has 0 spiro atoms.